The van der Waals surface area contributed by atoms with Gasteiger partial charge in [-0.2, -0.15) is 0 Å². The van der Waals surface area contributed by atoms with Gasteiger partial charge in [0.05, 0.1) is 0 Å². The van der Waals surface area contributed by atoms with E-state index < -0.39 is 17.7 Å². The zero-order valence-corrected chi connectivity index (χ0v) is 12.5. The van der Waals surface area contributed by atoms with Crippen LogP contribution in [0.5, 0.6) is 5.75 Å². The Balaban J connectivity index is 2.06. The van der Waals surface area contributed by atoms with Crippen LogP contribution >= 0.6 is 0 Å². The molecule has 0 unspecified atom stereocenters. The van der Waals surface area contributed by atoms with E-state index >= 15 is 0 Å². The quantitative estimate of drug-likeness (QED) is 0.656. The van der Waals surface area contributed by atoms with Crippen LogP contribution in [0.15, 0.2) is 42.5 Å². The van der Waals surface area contributed by atoms with E-state index in [2.05, 4.69) is 0 Å². The van der Waals surface area contributed by atoms with Gasteiger partial charge in [-0.3, -0.25) is 9.59 Å². The number of hydrogen-bond donors (Lipinski definition) is 1. The summed E-state index contributed by atoms with van der Waals surface area (Å²) in [6.07, 6.45) is 0. The fraction of sp³-hybridized carbons (Fsp3) is 0.176. The minimum atomic E-state index is -0.524. The lowest BCUT2D eigenvalue weighted by molar-refractivity contribution is -0.141. The van der Waals surface area contributed by atoms with Crippen molar-refractivity contribution in [2.24, 2.45) is 5.73 Å². The molecule has 6 heteroatoms. The van der Waals surface area contributed by atoms with Crippen LogP contribution in [0.1, 0.15) is 17.3 Å². The number of hydrogen-bond acceptors (Lipinski definition) is 4. The Labute approximate surface area is 132 Å². The Kier molecular flexibility index (Phi) is 5.30. The molecule has 0 heterocycles. The average molecular weight is 317 g/mol. The maximum atomic E-state index is 14.0. The van der Waals surface area contributed by atoms with Crippen molar-refractivity contribution < 1.29 is 23.5 Å². The Morgan fingerprint density at radius 1 is 1.04 bits per heavy atom. The fourth-order valence-corrected chi connectivity index (χ4v) is 1.96. The molecule has 0 aliphatic carbocycles. The van der Waals surface area contributed by atoms with Gasteiger partial charge < -0.3 is 15.2 Å². The molecule has 0 spiro atoms. The summed E-state index contributed by atoms with van der Waals surface area (Å²) in [5.41, 5.74) is 6.96. The van der Waals surface area contributed by atoms with E-state index in [1.165, 1.54) is 19.1 Å². The monoisotopic (exact) mass is 317 g/mol. The van der Waals surface area contributed by atoms with Gasteiger partial charge >= 0.3 is 5.97 Å². The van der Waals surface area contributed by atoms with Crippen molar-refractivity contribution in [2.45, 2.75) is 6.92 Å². The highest BCUT2D eigenvalue weighted by Gasteiger charge is 2.07. The molecule has 5 nitrogen and oxygen atoms in total. The van der Waals surface area contributed by atoms with Crippen LogP contribution in [0.3, 0.4) is 0 Å². The summed E-state index contributed by atoms with van der Waals surface area (Å²) in [5.74, 6) is -1.37. The normalized spacial score (nSPS) is 10.2. The molecule has 0 saturated heterocycles. The van der Waals surface area contributed by atoms with Crippen molar-refractivity contribution >= 4 is 11.9 Å². The summed E-state index contributed by atoms with van der Waals surface area (Å²) < 4.78 is 23.9. The Morgan fingerprint density at radius 2 is 1.70 bits per heavy atom. The molecule has 2 N–H and O–H groups in total. The first-order valence-corrected chi connectivity index (χ1v) is 6.93. The zero-order valence-electron chi connectivity index (χ0n) is 12.5. The largest absolute Gasteiger partial charge is 0.487 e. The van der Waals surface area contributed by atoms with Gasteiger partial charge in [0.15, 0.2) is 11.6 Å². The highest BCUT2D eigenvalue weighted by atomic mass is 19.1. The van der Waals surface area contributed by atoms with Gasteiger partial charge in [0.2, 0.25) is 5.91 Å². The van der Waals surface area contributed by atoms with Gasteiger partial charge in [0.1, 0.15) is 13.2 Å². The van der Waals surface area contributed by atoms with Crippen LogP contribution < -0.4 is 10.5 Å². The van der Waals surface area contributed by atoms with E-state index in [1.807, 2.05) is 0 Å². The topological polar surface area (TPSA) is 78.6 Å². The predicted octanol–water partition coefficient (Wildman–Crippen LogP) is 2.53. The summed E-state index contributed by atoms with van der Waals surface area (Å²) in [7, 11) is 0. The molecular formula is C17H16FNO4. The lowest BCUT2D eigenvalue weighted by Gasteiger charge is -2.09. The highest BCUT2D eigenvalue weighted by Crippen LogP contribution is 2.26. The summed E-state index contributed by atoms with van der Waals surface area (Å²) in [4.78, 5) is 21.6. The van der Waals surface area contributed by atoms with E-state index in [-0.39, 0.29) is 19.0 Å². The minimum Gasteiger partial charge on any atom is -0.487 e. The van der Waals surface area contributed by atoms with Gasteiger partial charge in [-0.1, -0.05) is 18.2 Å². The first kappa shape index (κ1) is 16.5. The van der Waals surface area contributed by atoms with Gasteiger partial charge in [-0.15, -0.1) is 0 Å². The summed E-state index contributed by atoms with van der Waals surface area (Å²) in [6.45, 7) is 1.42. The van der Waals surface area contributed by atoms with Gasteiger partial charge in [-0.05, 0) is 35.4 Å². The second-order valence-electron chi connectivity index (χ2n) is 4.78. The average Bonchev–Trinajstić information content (AvgIpc) is 2.52. The van der Waals surface area contributed by atoms with Crippen LogP contribution in [0, 0.1) is 5.82 Å². The molecule has 2 rings (SSSR count). The van der Waals surface area contributed by atoms with E-state index in [0.29, 0.717) is 11.1 Å². The van der Waals surface area contributed by atoms with Crippen LogP contribution in [0.4, 0.5) is 4.39 Å². The number of halogens is 1. The third-order valence-corrected chi connectivity index (χ3v) is 3.08. The maximum Gasteiger partial charge on any atom is 0.302 e. The molecule has 2 aromatic carbocycles. The molecule has 0 aliphatic rings. The molecule has 23 heavy (non-hydrogen) atoms. The summed E-state index contributed by atoms with van der Waals surface area (Å²) in [5, 5.41) is 0. The number of rotatable bonds is 6. The third kappa shape index (κ3) is 4.54. The molecule has 0 saturated carbocycles. The zero-order chi connectivity index (χ0) is 16.8. The first-order valence-electron chi connectivity index (χ1n) is 6.93. The van der Waals surface area contributed by atoms with E-state index in [1.54, 1.807) is 30.3 Å². The number of ether oxygens (including phenoxy) is 2. The predicted molar refractivity (Wildman–Crippen MR) is 82.5 cm³/mol. The Bertz CT molecular complexity index is 713. The van der Waals surface area contributed by atoms with E-state index in [4.69, 9.17) is 15.2 Å². The van der Waals surface area contributed by atoms with Crippen LogP contribution in [0.2, 0.25) is 0 Å². The van der Waals surface area contributed by atoms with Crippen molar-refractivity contribution in [3.05, 3.63) is 53.8 Å². The minimum absolute atomic E-state index is 0.0606. The van der Waals surface area contributed by atoms with Gasteiger partial charge in [0.25, 0.3) is 0 Å². The van der Waals surface area contributed by atoms with Crippen molar-refractivity contribution in [3.63, 3.8) is 0 Å². The summed E-state index contributed by atoms with van der Waals surface area (Å²) >= 11 is 0. The summed E-state index contributed by atoms with van der Waals surface area (Å²) in [6, 6.07) is 11.1. The molecule has 0 fully saturated rings. The van der Waals surface area contributed by atoms with Crippen LogP contribution in [-0.4, -0.2) is 25.1 Å². The van der Waals surface area contributed by atoms with Crippen molar-refractivity contribution in [1.82, 2.24) is 0 Å². The van der Waals surface area contributed by atoms with E-state index in [0.717, 1.165) is 5.56 Å². The van der Waals surface area contributed by atoms with Crippen molar-refractivity contribution in [3.8, 4) is 16.9 Å². The smallest absolute Gasteiger partial charge is 0.302 e. The second-order valence-corrected chi connectivity index (χ2v) is 4.78. The first-order chi connectivity index (χ1) is 11.0. The molecule has 0 bridgehead atoms. The number of nitrogens with two attached hydrogens (primary N) is 1. The second kappa shape index (κ2) is 7.40. The van der Waals surface area contributed by atoms with Crippen molar-refractivity contribution in [2.75, 3.05) is 13.2 Å². The number of esters is 1. The molecule has 2 aromatic rings. The molecule has 120 valence electrons. The standard InChI is InChI=1S/C17H16FNO4/c1-11(20)22-8-9-23-16-7-6-14(10-15(16)18)12-2-4-13(5-3-12)17(19)21/h2-7,10H,8-9H2,1H3,(H2,19,21). The number of primary amides is 1. The van der Waals surface area contributed by atoms with Crippen LogP contribution in [-0.2, 0) is 9.53 Å². The molecule has 1 amide bonds. The Hall–Kier alpha value is -2.89. The lowest BCUT2D eigenvalue weighted by atomic mass is 10.0. The molecule has 0 radical (unpaired) electrons. The Morgan fingerprint density at radius 3 is 2.26 bits per heavy atom. The van der Waals surface area contributed by atoms with Crippen molar-refractivity contribution in [1.29, 1.82) is 0 Å². The third-order valence-electron chi connectivity index (χ3n) is 3.08. The van der Waals surface area contributed by atoms with Crippen LogP contribution in [0.25, 0.3) is 11.1 Å². The number of carbonyl (C=O) groups excluding carboxylic acids is 2. The van der Waals surface area contributed by atoms with Gasteiger partial charge in [-0.25, -0.2) is 4.39 Å². The molecule has 0 aromatic heterocycles. The molecule has 0 aliphatic heterocycles. The lowest BCUT2D eigenvalue weighted by Crippen LogP contribution is -2.10. The van der Waals surface area contributed by atoms with Gasteiger partial charge in [0, 0.05) is 12.5 Å². The van der Waals surface area contributed by atoms with E-state index in [9.17, 15) is 14.0 Å². The SMILES string of the molecule is CC(=O)OCCOc1ccc(-c2ccc(C(N)=O)cc2)cc1F. The molecular weight excluding hydrogens is 301 g/mol. The number of benzene rings is 2. The number of carbonyl (C=O) groups is 2. The maximum absolute atomic E-state index is 14.0. The fourth-order valence-electron chi connectivity index (χ4n) is 1.96. The number of amides is 1. The highest BCUT2D eigenvalue weighted by molar-refractivity contribution is 5.93. The molecule has 0 atom stereocenters.